The van der Waals surface area contributed by atoms with Gasteiger partial charge in [-0.1, -0.05) is 23.9 Å². The maximum atomic E-state index is 13.1. The van der Waals surface area contributed by atoms with Gasteiger partial charge in [-0.2, -0.15) is 0 Å². The number of rotatable bonds is 5. The lowest BCUT2D eigenvalue weighted by Crippen LogP contribution is -2.21. The Morgan fingerprint density at radius 3 is 2.78 bits per heavy atom. The van der Waals surface area contributed by atoms with Crippen LogP contribution in [-0.4, -0.2) is 26.3 Å². The number of hydrogen-bond donors (Lipinski definition) is 0. The van der Waals surface area contributed by atoms with Gasteiger partial charge in [0, 0.05) is 17.3 Å². The average molecular weight is 382 g/mol. The number of nitrogens with zero attached hydrogens (tertiary/aromatic N) is 4. The van der Waals surface area contributed by atoms with E-state index in [2.05, 4.69) is 10.1 Å². The van der Waals surface area contributed by atoms with Gasteiger partial charge in [0.05, 0.1) is 13.7 Å². The van der Waals surface area contributed by atoms with E-state index >= 15 is 0 Å². The van der Waals surface area contributed by atoms with Gasteiger partial charge >= 0.3 is 5.69 Å². The van der Waals surface area contributed by atoms with Crippen LogP contribution in [0, 0.1) is 5.82 Å². The first kappa shape index (κ1) is 17.3. The van der Waals surface area contributed by atoms with Crippen molar-refractivity contribution in [2.24, 2.45) is 0 Å². The quantitative estimate of drug-likeness (QED) is 0.530. The van der Waals surface area contributed by atoms with E-state index in [1.807, 2.05) is 24.3 Å². The molecule has 0 unspecified atom stereocenters. The topological polar surface area (TPSA) is 61.4 Å². The van der Waals surface area contributed by atoms with Crippen LogP contribution in [0.15, 0.2) is 75.6 Å². The summed E-state index contributed by atoms with van der Waals surface area (Å²) in [4.78, 5) is 17.8. The molecule has 4 rings (SSSR count). The fourth-order valence-electron chi connectivity index (χ4n) is 2.66. The van der Waals surface area contributed by atoms with Crippen molar-refractivity contribution in [3.63, 3.8) is 0 Å². The lowest BCUT2D eigenvalue weighted by atomic mass is 10.2. The van der Waals surface area contributed by atoms with Crippen LogP contribution in [-0.2, 0) is 6.54 Å². The zero-order valence-electron chi connectivity index (χ0n) is 14.4. The van der Waals surface area contributed by atoms with Crippen LogP contribution >= 0.6 is 11.8 Å². The van der Waals surface area contributed by atoms with Crippen molar-refractivity contribution in [2.45, 2.75) is 16.5 Å². The monoisotopic (exact) mass is 382 g/mol. The van der Waals surface area contributed by atoms with Crippen LogP contribution in [0.2, 0.25) is 0 Å². The van der Waals surface area contributed by atoms with E-state index in [0.29, 0.717) is 17.2 Å². The Labute approximate surface area is 158 Å². The van der Waals surface area contributed by atoms with Crippen molar-refractivity contribution in [3.8, 4) is 5.75 Å². The van der Waals surface area contributed by atoms with E-state index in [9.17, 15) is 9.18 Å². The number of ether oxygens (including phenoxy) is 1. The predicted octanol–water partition coefficient (Wildman–Crippen LogP) is 3.24. The van der Waals surface area contributed by atoms with E-state index in [1.165, 1.54) is 33.0 Å². The Balaban J connectivity index is 1.70. The first-order valence-electron chi connectivity index (χ1n) is 8.14. The molecule has 8 heteroatoms. The summed E-state index contributed by atoms with van der Waals surface area (Å²) in [5.74, 6) is 0.419. The average Bonchev–Trinajstić information content (AvgIpc) is 3.01. The van der Waals surface area contributed by atoms with E-state index < -0.39 is 0 Å². The summed E-state index contributed by atoms with van der Waals surface area (Å²) < 4.78 is 21.2. The molecule has 6 nitrogen and oxygen atoms in total. The van der Waals surface area contributed by atoms with Crippen LogP contribution in [0.4, 0.5) is 4.39 Å². The zero-order valence-corrected chi connectivity index (χ0v) is 15.2. The highest BCUT2D eigenvalue weighted by atomic mass is 32.2. The molecule has 2 aromatic carbocycles. The Morgan fingerprint density at radius 2 is 2.00 bits per heavy atom. The molecule has 0 amide bonds. The van der Waals surface area contributed by atoms with Gasteiger partial charge in [0.25, 0.3) is 0 Å². The molecule has 0 aliphatic carbocycles. The van der Waals surface area contributed by atoms with Crippen LogP contribution < -0.4 is 10.4 Å². The summed E-state index contributed by atoms with van der Waals surface area (Å²) in [5.41, 5.74) is 1.11. The van der Waals surface area contributed by atoms with Crippen LogP contribution in [0.25, 0.3) is 5.65 Å². The molecule has 0 aliphatic rings. The molecule has 0 bridgehead atoms. The molecule has 27 heavy (non-hydrogen) atoms. The molecule has 136 valence electrons. The molecule has 0 saturated carbocycles. The highest BCUT2D eigenvalue weighted by molar-refractivity contribution is 7.99. The Bertz CT molecular complexity index is 1150. The van der Waals surface area contributed by atoms with Gasteiger partial charge < -0.3 is 4.74 Å². The normalized spacial score (nSPS) is 11.0. The molecule has 0 saturated heterocycles. The smallest absolute Gasteiger partial charge is 0.350 e. The second-order valence-electron chi connectivity index (χ2n) is 5.77. The van der Waals surface area contributed by atoms with E-state index in [0.717, 1.165) is 16.2 Å². The largest absolute Gasteiger partial charge is 0.497 e. The molecule has 0 fully saturated rings. The second-order valence-corrected chi connectivity index (χ2v) is 6.84. The van der Waals surface area contributed by atoms with Crippen molar-refractivity contribution in [3.05, 3.63) is 82.8 Å². The molecule has 0 atom stereocenters. The van der Waals surface area contributed by atoms with E-state index in [4.69, 9.17) is 4.74 Å². The van der Waals surface area contributed by atoms with Crippen molar-refractivity contribution in [1.82, 2.24) is 19.2 Å². The molecular weight excluding hydrogens is 367 g/mol. The Hall–Kier alpha value is -3.13. The molecule has 0 spiro atoms. The lowest BCUT2D eigenvalue weighted by molar-refractivity contribution is 0.414. The lowest BCUT2D eigenvalue weighted by Gasteiger charge is -2.03. The summed E-state index contributed by atoms with van der Waals surface area (Å²) in [6.07, 6.45) is 3.14. The van der Waals surface area contributed by atoms with E-state index in [-0.39, 0.29) is 11.5 Å². The first-order valence-corrected chi connectivity index (χ1v) is 8.96. The summed E-state index contributed by atoms with van der Waals surface area (Å²) in [6.45, 7) is 0.318. The van der Waals surface area contributed by atoms with Crippen LogP contribution in [0.3, 0.4) is 0 Å². The molecule has 0 N–H and O–H groups in total. The Morgan fingerprint density at radius 1 is 1.19 bits per heavy atom. The number of halogens is 1. The zero-order chi connectivity index (χ0) is 18.8. The van der Waals surface area contributed by atoms with Gasteiger partial charge in [0.15, 0.2) is 5.65 Å². The summed E-state index contributed by atoms with van der Waals surface area (Å²) >= 11 is 1.33. The minimum atomic E-state index is -0.302. The minimum absolute atomic E-state index is 0.254. The van der Waals surface area contributed by atoms with Gasteiger partial charge in [0.1, 0.15) is 16.6 Å². The summed E-state index contributed by atoms with van der Waals surface area (Å²) in [6, 6.07) is 13.6. The molecule has 2 aromatic heterocycles. The third-order valence-corrected chi connectivity index (χ3v) is 4.95. The van der Waals surface area contributed by atoms with Gasteiger partial charge in [-0.15, -0.1) is 5.10 Å². The van der Waals surface area contributed by atoms with Crippen LogP contribution in [0.5, 0.6) is 5.75 Å². The highest BCUT2D eigenvalue weighted by Crippen LogP contribution is 2.28. The SMILES string of the molecule is COc1cccc(Cn2nc3c(Sc4ccc(F)cc4)nccn3c2=O)c1. The van der Waals surface area contributed by atoms with Gasteiger partial charge in [-0.3, -0.25) is 0 Å². The first-order chi connectivity index (χ1) is 13.1. The van der Waals surface area contributed by atoms with Crippen molar-refractivity contribution >= 4 is 17.4 Å². The van der Waals surface area contributed by atoms with Crippen molar-refractivity contribution in [2.75, 3.05) is 7.11 Å². The van der Waals surface area contributed by atoms with Crippen LogP contribution in [0.1, 0.15) is 5.56 Å². The number of hydrogen-bond acceptors (Lipinski definition) is 5. The number of benzene rings is 2. The standard InChI is InChI=1S/C19H15FN4O2S/c1-26-15-4-2-3-13(11-15)12-24-19(25)23-10-9-21-18(17(23)22-24)27-16-7-5-14(20)6-8-16/h2-11H,12H2,1H3. The van der Waals surface area contributed by atoms with Crippen molar-refractivity contribution in [1.29, 1.82) is 0 Å². The van der Waals surface area contributed by atoms with Crippen molar-refractivity contribution < 1.29 is 9.13 Å². The number of methoxy groups -OCH3 is 1. The fourth-order valence-corrected chi connectivity index (χ4v) is 3.50. The van der Waals surface area contributed by atoms with Gasteiger partial charge in [-0.25, -0.2) is 23.3 Å². The second kappa shape index (κ2) is 7.24. The molecular formula is C19H15FN4O2S. The number of fused-ring (bicyclic) bond motifs is 1. The fraction of sp³-hybridized carbons (Fsp3) is 0.105. The molecule has 0 aliphatic heterocycles. The maximum Gasteiger partial charge on any atom is 0.350 e. The van der Waals surface area contributed by atoms with Gasteiger partial charge in [-0.05, 0) is 42.0 Å². The third-order valence-electron chi connectivity index (χ3n) is 3.96. The van der Waals surface area contributed by atoms with Gasteiger partial charge in [0.2, 0.25) is 0 Å². The predicted molar refractivity (Wildman–Crippen MR) is 99.9 cm³/mol. The van der Waals surface area contributed by atoms with E-state index in [1.54, 1.807) is 31.6 Å². The molecule has 0 radical (unpaired) electrons. The number of aromatic nitrogens is 4. The molecule has 4 aromatic rings. The molecule has 2 heterocycles. The summed E-state index contributed by atoms with van der Waals surface area (Å²) in [7, 11) is 1.60. The maximum absolute atomic E-state index is 13.1. The minimum Gasteiger partial charge on any atom is -0.497 e. The summed E-state index contributed by atoms with van der Waals surface area (Å²) in [5, 5.41) is 5.02. The Kier molecular flexibility index (Phi) is 4.64. The highest BCUT2D eigenvalue weighted by Gasteiger charge is 2.13. The third kappa shape index (κ3) is 3.56.